The Morgan fingerprint density at radius 1 is 1.17 bits per heavy atom. The number of halogens is 2. The predicted octanol–water partition coefficient (Wildman–Crippen LogP) is 4.47. The Bertz CT molecular complexity index is 1360. The van der Waals surface area contributed by atoms with Crippen molar-refractivity contribution in [2.24, 2.45) is 0 Å². The van der Waals surface area contributed by atoms with Gasteiger partial charge >= 0.3 is 0 Å². The first-order valence-corrected chi connectivity index (χ1v) is 12.9. The van der Waals surface area contributed by atoms with Crippen LogP contribution in [0.1, 0.15) is 15.9 Å². The molecule has 35 heavy (non-hydrogen) atoms. The molecular weight excluding hydrogens is 511 g/mol. The van der Waals surface area contributed by atoms with Crippen LogP contribution in [-0.2, 0) is 10.0 Å². The molecule has 1 atom stereocenters. The molecule has 11 heteroatoms. The molecule has 4 rings (SSSR count). The normalized spacial score (nSPS) is 15.5. The van der Waals surface area contributed by atoms with Gasteiger partial charge in [-0.3, -0.25) is 9.10 Å². The minimum absolute atomic E-state index is 0.0802. The number of fused-ring (bicyclic) bond motifs is 1. The highest BCUT2D eigenvalue weighted by Crippen LogP contribution is 2.37. The van der Waals surface area contributed by atoms with Gasteiger partial charge in [-0.25, -0.2) is 13.4 Å². The van der Waals surface area contributed by atoms with E-state index in [1.54, 1.807) is 36.4 Å². The minimum Gasteiger partial charge on any atom is -0.470 e. The fourth-order valence-electron chi connectivity index (χ4n) is 3.80. The van der Waals surface area contributed by atoms with Crippen molar-refractivity contribution in [3.63, 3.8) is 0 Å². The second-order valence-corrected chi connectivity index (χ2v) is 11.1. The number of anilines is 2. The summed E-state index contributed by atoms with van der Waals surface area (Å²) in [5.74, 6) is -0.384. The highest BCUT2D eigenvalue weighted by Gasteiger charge is 2.36. The summed E-state index contributed by atoms with van der Waals surface area (Å²) in [6, 6.07) is 13.0. The van der Waals surface area contributed by atoms with Crippen LogP contribution in [0.5, 0.6) is 5.88 Å². The monoisotopic (exact) mass is 534 g/mol. The Hall–Kier alpha value is -2.85. The van der Waals surface area contributed by atoms with Crippen molar-refractivity contribution in [3.05, 3.63) is 75.9 Å². The van der Waals surface area contributed by atoms with Gasteiger partial charge in [-0.1, -0.05) is 41.4 Å². The van der Waals surface area contributed by atoms with Gasteiger partial charge in [0, 0.05) is 6.54 Å². The van der Waals surface area contributed by atoms with Gasteiger partial charge < -0.3 is 15.0 Å². The highest BCUT2D eigenvalue weighted by molar-refractivity contribution is 7.92. The van der Waals surface area contributed by atoms with Crippen molar-refractivity contribution in [2.75, 3.05) is 36.8 Å². The maximum Gasteiger partial charge on any atom is 0.264 e. The SMILES string of the molecule is Cc1cccc(S(=O)(=O)N2C[C@H](CN(C)C)Oc3ncc(NC(=O)c4c(Cl)cccc4Cl)cc32)c1. The first-order valence-electron chi connectivity index (χ1n) is 10.7. The number of aryl methyl sites for hydroxylation is 1. The van der Waals surface area contributed by atoms with Crippen LogP contribution in [0.4, 0.5) is 11.4 Å². The molecule has 2 aromatic carbocycles. The van der Waals surface area contributed by atoms with Crippen LogP contribution < -0.4 is 14.4 Å². The number of sulfonamides is 1. The topological polar surface area (TPSA) is 91.8 Å². The number of amides is 1. The minimum atomic E-state index is -3.94. The lowest BCUT2D eigenvalue weighted by molar-refractivity contribution is 0.102. The largest absolute Gasteiger partial charge is 0.470 e. The van der Waals surface area contributed by atoms with Gasteiger partial charge in [0.15, 0.2) is 0 Å². The summed E-state index contributed by atoms with van der Waals surface area (Å²) in [4.78, 5) is 19.2. The molecule has 3 aromatic rings. The van der Waals surface area contributed by atoms with Gasteiger partial charge in [0.05, 0.1) is 38.9 Å². The van der Waals surface area contributed by atoms with Gasteiger partial charge in [0.2, 0.25) is 5.88 Å². The van der Waals surface area contributed by atoms with Gasteiger partial charge in [0.1, 0.15) is 11.8 Å². The summed E-state index contributed by atoms with van der Waals surface area (Å²) >= 11 is 12.3. The van der Waals surface area contributed by atoms with E-state index in [9.17, 15) is 13.2 Å². The molecule has 0 aliphatic carbocycles. The van der Waals surface area contributed by atoms with Crippen molar-refractivity contribution >= 4 is 50.5 Å². The molecule has 0 saturated carbocycles. The summed E-state index contributed by atoms with van der Waals surface area (Å²) in [5, 5.41) is 3.09. The quantitative estimate of drug-likeness (QED) is 0.501. The van der Waals surface area contributed by atoms with Crippen molar-refractivity contribution < 1.29 is 17.9 Å². The number of carbonyl (C=O) groups excluding carboxylic acids is 1. The number of hydrogen-bond acceptors (Lipinski definition) is 6. The molecule has 1 N–H and O–H groups in total. The number of pyridine rings is 1. The van der Waals surface area contributed by atoms with Crippen molar-refractivity contribution in [3.8, 4) is 5.88 Å². The maximum absolute atomic E-state index is 13.7. The number of rotatable bonds is 6. The standard InChI is InChI=1S/C24H24Cl2N4O4S/c1-15-6-4-7-18(10-15)35(32,33)30-14-17(13-29(2)3)34-24-21(30)11-16(12-27-24)28-23(31)22-19(25)8-5-9-20(22)26/h4-12,17H,13-14H2,1-3H3,(H,28,31)/t17-/m0/s1. The van der Waals surface area contributed by atoms with E-state index in [1.807, 2.05) is 32.0 Å². The Labute approximate surface area is 214 Å². The molecule has 0 bridgehead atoms. The van der Waals surface area contributed by atoms with Gasteiger partial charge in [-0.15, -0.1) is 0 Å². The van der Waals surface area contributed by atoms with Crippen LogP contribution in [0, 0.1) is 6.92 Å². The average molecular weight is 535 g/mol. The molecule has 1 aliphatic heterocycles. The zero-order valence-electron chi connectivity index (χ0n) is 19.3. The average Bonchev–Trinajstić information content (AvgIpc) is 2.78. The van der Waals surface area contributed by atoms with E-state index in [0.29, 0.717) is 6.54 Å². The summed E-state index contributed by atoms with van der Waals surface area (Å²) in [7, 11) is -0.179. The second-order valence-electron chi connectivity index (χ2n) is 8.45. The third-order valence-electron chi connectivity index (χ3n) is 5.34. The number of carbonyl (C=O) groups is 1. The van der Waals surface area contributed by atoms with Crippen LogP contribution in [0.2, 0.25) is 10.0 Å². The molecule has 1 aliphatic rings. The summed E-state index contributed by atoms with van der Waals surface area (Å²) < 4.78 is 34.6. The zero-order chi connectivity index (χ0) is 25.3. The number of ether oxygens (including phenoxy) is 1. The van der Waals surface area contributed by atoms with E-state index in [0.717, 1.165) is 5.56 Å². The summed E-state index contributed by atoms with van der Waals surface area (Å²) in [6.45, 7) is 2.40. The Morgan fingerprint density at radius 2 is 1.86 bits per heavy atom. The van der Waals surface area contributed by atoms with Crippen LogP contribution in [0.25, 0.3) is 0 Å². The molecule has 0 saturated heterocycles. The smallest absolute Gasteiger partial charge is 0.264 e. The maximum atomic E-state index is 13.7. The zero-order valence-corrected chi connectivity index (χ0v) is 21.7. The van der Waals surface area contributed by atoms with Crippen LogP contribution >= 0.6 is 23.2 Å². The first kappa shape index (κ1) is 25.2. The second kappa shape index (κ2) is 10.0. The summed E-state index contributed by atoms with van der Waals surface area (Å²) in [5.41, 5.74) is 1.42. The number of nitrogens with zero attached hydrogens (tertiary/aromatic N) is 3. The summed E-state index contributed by atoms with van der Waals surface area (Å²) in [6.07, 6.45) is 0.962. The number of hydrogen-bond donors (Lipinski definition) is 1. The van der Waals surface area contributed by atoms with E-state index >= 15 is 0 Å². The lowest BCUT2D eigenvalue weighted by Gasteiger charge is -2.35. The molecule has 0 radical (unpaired) electrons. The molecule has 0 unspecified atom stereocenters. The fourth-order valence-corrected chi connectivity index (χ4v) is 5.96. The van der Waals surface area contributed by atoms with Crippen LogP contribution in [0.3, 0.4) is 0 Å². The molecule has 1 aromatic heterocycles. The molecule has 0 fully saturated rings. The molecule has 8 nitrogen and oxygen atoms in total. The molecular formula is C24H24Cl2N4O4S. The van der Waals surface area contributed by atoms with Crippen LogP contribution in [0.15, 0.2) is 59.6 Å². The van der Waals surface area contributed by atoms with E-state index < -0.39 is 22.0 Å². The number of likely N-dealkylation sites (N-methyl/N-ethyl adjacent to an activating group) is 1. The van der Waals surface area contributed by atoms with Gasteiger partial charge in [-0.05, 0) is 56.9 Å². The number of nitrogens with one attached hydrogen (secondary N) is 1. The third kappa shape index (κ3) is 5.38. The van der Waals surface area contributed by atoms with E-state index in [2.05, 4.69) is 10.3 Å². The van der Waals surface area contributed by atoms with Crippen LogP contribution in [-0.4, -0.2) is 57.5 Å². The fraction of sp³-hybridized carbons (Fsp3) is 0.250. The lowest BCUT2D eigenvalue weighted by Crippen LogP contribution is -2.47. The van der Waals surface area contributed by atoms with E-state index in [4.69, 9.17) is 27.9 Å². The van der Waals surface area contributed by atoms with Crippen molar-refractivity contribution in [1.29, 1.82) is 0 Å². The Morgan fingerprint density at radius 3 is 2.51 bits per heavy atom. The number of benzene rings is 2. The number of aromatic nitrogens is 1. The van der Waals surface area contributed by atoms with Crippen molar-refractivity contribution in [1.82, 2.24) is 9.88 Å². The third-order valence-corrected chi connectivity index (χ3v) is 7.75. The molecule has 2 heterocycles. The molecule has 0 spiro atoms. The lowest BCUT2D eigenvalue weighted by atomic mass is 10.2. The first-order chi connectivity index (χ1) is 16.6. The van der Waals surface area contributed by atoms with Gasteiger partial charge in [-0.2, -0.15) is 0 Å². The van der Waals surface area contributed by atoms with E-state index in [1.165, 1.54) is 16.6 Å². The molecule has 1 amide bonds. The predicted molar refractivity (Wildman–Crippen MR) is 137 cm³/mol. The molecule has 184 valence electrons. The highest BCUT2D eigenvalue weighted by atomic mass is 35.5. The Kier molecular flexibility index (Phi) is 7.23. The Balaban J connectivity index is 1.73. The van der Waals surface area contributed by atoms with Crippen molar-refractivity contribution in [2.45, 2.75) is 17.9 Å². The van der Waals surface area contributed by atoms with Gasteiger partial charge in [0.25, 0.3) is 15.9 Å². The van der Waals surface area contributed by atoms with E-state index in [-0.39, 0.29) is 44.3 Å².